The molecule has 0 radical (unpaired) electrons. The molecule has 1 atom stereocenters. The fourth-order valence-corrected chi connectivity index (χ4v) is 2.68. The number of nitrogens with zero attached hydrogens (tertiary/aromatic N) is 3. The normalized spacial score (nSPS) is 12.7. The van der Waals surface area contributed by atoms with Gasteiger partial charge in [0.05, 0.1) is 11.6 Å². The molecule has 108 valence electrons. The third-order valence-electron chi connectivity index (χ3n) is 3.79. The van der Waals surface area contributed by atoms with Crippen LogP contribution >= 0.6 is 0 Å². The van der Waals surface area contributed by atoms with Crippen molar-refractivity contribution >= 4 is 10.9 Å². The molecule has 0 spiro atoms. The summed E-state index contributed by atoms with van der Waals surface area (Å²) >= 11 is 0. The molecular formula is C16H19N5. The van der Waals surface area contributed by atoms with E-state index in [2.05, 4.69) is 33.0 Å². The Kier molecular flexibility index (Phi) is 3.94. The summed E-state index contributed by atoms with van der Waals surface area (Å²) in [4.78, 5) is 8.83. The van der Waals surface area contributed by atoms with Crippen LogP contribution in [-0.4, -0.2) is 14.5 Å². The van der Waals surface area contributed by atoms with Crippen LogP contribution in [0, 0.1) is 0 Å². The number of hydrazine groups is 1. The van der Waals surface area contributed by atoms with Gasteiger partial charge in [-0.05, 0) is 24.6 Å². The standard InChI is InChI=1S/C16H19N5/c1-2-21-10-9-19-16(21)11-15(20-17)13-7-8-18-14-6-4-3-5-12(13)14/h3-10,15,20H,2,11,17H2,1H3. The molecule has 2 aromatic heterocycles. The third kappa shape index (κ3) is 2.66. The van der Waals surface area contributed by atoms with Gasteiger partial charge in [-0.3, -0.25) is 16.3 Å². The molecule has 0 fully saturated rings. The Balaban J connectivity index is 1.99. The van der Waals surface area contributed by atoms with Gasteiger partial charge in [0, 0.05) is 36.9 Å². The highest BCUT2D eigenvalue weighted by atomic mass is 15.2. The van der Waals surface area contributed by atoms with Crippen LogP contribution in [0.5, 0.6) is 0 Å². The van der Waals surface area contributed by atoms with E-state index in [9.17, 15) is 0 Å². The number of nitrogens with two attached hydrogens (primary N) is 1. The minimum absolute atomic E-state index is 0.00519. The van der Waals surface area contributed by atoms with Gasteiger partial charge in [0.1, 0.15) is 5.82 Å². The smallest absolute Gasteiger partial charge is 0.110 e. The third-order valence-corrected chi connectivity index (χ3v) is 3.79. The van der Waals surface area contributed by atoms with Crippen molar-refractivity contribution in [2.24, 2.45) is 5.84 Å². The predicted molar refractivity (Wildman–Crippen MR) is 83.4 cm³/mol. The number of rotatable bonds is 5. The maximum atomic E-state index is 5.80. The number of hydrogen-bond donors (Lipinski definition) is 2. The maximum absolute atomic E-state index is 5.80. The predicted octanol–water partition coefficient (Wildman–Crippen LogP) is 2.20. The summed E-state index contributed by atoms with van der Waals surface area (Å²) < 4.78 is 2.13. The minimum atomic E-state index is 0.00519. The Hall–Kier alpha value is -2.24. The monoisotopic (exact) mass is 281 g/mol. The molecule has 5 nitrogen and oxygen atoms in total. The number of aryl methyl sites for hydroxylation is 1. The fraction of sp³-hybridized carbons (Fsp3) is 0.250. The van der Waals surface area contributed by atoms with Gasteiger partial charge in [-0.15, -0.1) is 0 Å². The number of nitrogens with one attached hydrogen (secondary N) is 1. The van der Waals surface area contributed by atoms with E-state index < -0.39 is 0 Å². The summed E-state index contributed by atoms with van der Waals surface area (Å²) in [7, 11) is 0. The van der Waals surface area contributed by atoms with Crippen LogP contribution in [0.2, 0.25) is 0 Å². The molecule has 3 aromatic rings. The minimum Gasteiger partial charge on any atom is -0.335 e. The maximum Gasteiger partial charge on any atom is 0.110 e. The van der Waals surface area contributed by atoms with Crippen LogP contribution < -0.4 is 11.3 Å². The summed E-state index contributed by atoms with van der Waals surface area (Å²) in [6.45, 7) is 3.02. The lowest BCUT2D eigenvalue weighted by molar-refractivity contribution is 0.526. The molecule has 0 aliphatic heterocycles. The second kappa shape index (κ2) is 6.03. The van der Waals surface area contributed by atoms with Crippen molar-refractivity contribution in [2.75, 3.05) is 0 Å². The summed E-state index contributed by atoms with van der Waals surface area (Å²) in [6.07, 6.45) is 6.39. The summed E-state index contributed by atoms with van der Waals surface area (Å²) in [5, 5.41) is 1.12. The highest BCUT2D eigenvalue weighted by Gasteiger charge is 2.16. The highest BCUT2D eigenvalue weighted by molar-refractivity contribution is 5.82. The van der Waals surface area contributed by atoms with E-state index in [0.29, 0.717) is 0 Å². The Morgan fingerprint density at radius 3 is 2.86 bits per heavy atom. The second-order valence-corrected chi connectivity index (χ2v) is 4.97. The quantitative estimate of drug-likeness (QED) is 0.555. The second-order valence-electron chi connectivity index (χ2n) is 4.97. The molecule has 2 heterocycles. The molecule has 0 aliphatic rings. The van der Waals surface area contributed by atoms with Gasteiger partial charge in [-0.25, -0.2) is 4.98 Å². The number of fused-ring (bicyclic) bond motifs is 1. The Morgan fingerprint density at radius 1 is 1.19 bits per heavy atom. The van der Waals surface area contributed by atoms with Gasteiger partial charge in [0.2, 0.25) is 0 Å². The number of hydrogen-bond acceptors (Lipinski definition) is 4. The molecule has 3 rings (SSSR count). The van der Waals surface area contributed by atoms with Gasteiger partial charge in [-0.1, -0.05) is 18.2 Å². The van der Waals surface area contributed by atoms with E-state index >= 15 is 0 Å². The lowest BCUT2D eigenvalue weighted by Gasteiger charge is -2.18. The van der Waals surface area contributed by atoms with Crippen LogP contribution in [0.25, 0.3) is 10.9 Å². The van der Waals surface area contributed by atoms with Crippen molar-refractivity contribution in [1.29, 1.82) is 0 Å². The molecule has 21 heavy (non-hydrogen) atoms. The highest BCUT2D eigenvalue weighted by Crippen LogP contribution is 2.24. The van der Waals surface area contributed by atoms with Crippen LogP contribution in [0.15, 0.2) is 48.9 Å². The van der Waals surface area contributed by atoms with Crippen molar-refractivity contribution in [1.82, 2.24) is 20.0 Å². The SMILES string of the molecule is CCn1ccnc1CC(NN)c1ccnc2ccccc12. The Labute approximate surface area is 123 Å². The average Bonchev–Trinajstić information content (AvgIpc) is 2.99. The van der Waals surface area contributed by atoms with Gasteiger partial charge in [-0.2, -0.15) is 0 Å². The van der Waals surface area contributed by atoms with Gasteiger partial charge in [0.15, 0.2) is 0 Å². The molecule has 0 saturated heterocycles. The molecule has 0 aliphatic carbocycles. The van der Waals surface area contributed by atoms with Crippen molar-refractivity contribution in [2.45, 2.75) is 25.9 Å². The van der Waals surface area contributed by atoms with E-state index in [4.69, 9.17) is 5.84 Å². The zero-order valence-electron chi connectivity index (χ0n) is 12.0. The van der Waals surface area contributed by atoms with Gasteiger partial charge in [0.25, 0.3) is 0 Å². The summed E-state index contributed by atoms with van der Waals surface area (Å²) in [5.41, 5.74) is 5.05. The summed E-state index contributed by atoms with van der Waals surface area (Å²) in [5.74, 6) is 6.83. The number of aromatic nitrogens is 3. The van der Waals surface area contributed by atoms with Crippen LogP contribution in [-0.2, 0) is 13.0 Å². The molecule has 0 saturated carbocycles. The first-order valence-electron chi connectivity index (χ1n) is 7.13. The van der Waals surface area contributed by atoms with Gasteiger partial charge < -0.3 is 4.57 Å². The van der Waals surface area contributed by atoms with Crippen LogP contribution in [0.1, 0.15) is 24.4 Å². The lowest BCUT2D eigenvalue weighted by Crippen LogP contribution is -2.30. The first-order valence-corrected chi connectivity index (χ1v) is 7.13. The van der Waals surface area contributed by atoms with E-state index in [1.807, 2.05) is 42.9 Å². The Morgan fingerprint density at radius 2 is 2.05 bits per heavy atom. The Bertz CT molecular complexity index is 729. The van der Waals surface area contributed by atoms with Gasteiger partial charge >= 0.3 is 0 Å². The van der Waals surface area contributed by atoms with E-state index in [1.54, 1.807) is 0 Å². The largest absolute Gasteiger partial charge is 0.335 e. The van der Waals surface area contributed by atoms with Crippen LogP contribution in [0.4, 0.5) is 0 Å². The average molecular weight is 281 g/mol. The van der Waals surface area contributed by atoms with Crippen molar-refractivity contribution in [3.8, 4) is 0 Å². The molecule has 1 aromatic carbocycles. The zero-order valence-corrected chi connectivity index (χ0v) is 12.0. The number of benzene rings is 1. The molecule has 0 bridgehead atoms. The topological polar surface area (TPSA) is 68.8 Å². The molecular weight excluding hydrogens is 262 g/mol. The van der Waals surface area contributed by atoms with E-state index in [0.717, 1.165) is 35.3 Å². The first-order chi connectivity index (χ1) is 10.3. The molecule has 0 amide bonds. The fourth-order valence-electron chi connectivity index (χ4n) is 2.68. The number of pyridine rings is 1. The van der Waals surface area contributed by atoms with Crippen molar-refractivity contribution < 1.29 is 0 Å². The van der Waals surface area contributed by atoms with Crippen molar-refractivity contribution in [3.05, 3.63) is 60.3 Å². The van der Waals surface area contributed by atoms with Crippen LogP contribution in [0.3, 0.4) is 0 Å². The molecule has 5 heteroatoms. The molecule has 3 N–H and O–H groups in total. The lowest BCUT2D eigenvalue weighted by atomic mass is 10.00. The first kappa shape index (κ1) is 13.7. The summed E-state index contributed by atoms with van der Waals surface area (Å²) in [6, 6.07) is 10.1. The van der Waals surface area contributed by atoms with E-state index in [-0.39, 0.29) is 6.04 Å². The van der Waals surface area contributed by atoms with Crippen molar-refractivity contribution in [3.63, 3.8) is 0 Å². The number of para-hydroxylation sites is 1. The number of imidazole rings is 1. The van der Waals surface area contributed by atoms with E-state index in [1.165, 1.54) is 0 Å². The molecule has 1 unspecified atom stereocenters. The zero-order chi connectivity index (χ0) is 14.7.